The molecule has 94 valence electrons. The molecule has 0 radical (unpaired) electrons. The third kappa shape index (κ3) is 8.01. The average molecular weight is 233 g/mol. The number of urea groups is 1. The van der Waals surface area contributed by atoms with Gasteiger partial charge >= 0.3 is 12.0 Å². The van der Waals surface area contributed by atoms with Crippen molar-refractivity contribution < 1.29 is 19.8 Å². The standard InChI is InChI=1S/C9H19N3O4/c1-10-4-2-5-11-9(16)12-6-3-7(13)8(14)15/h7,10,13H,2-6H2,1H3,(H,14,15)(H2,11,12,16)/t7-/m0/s1. The van der Waals surface area contributed by atoms with Gasteiger partial charge in [0.2, 0.25) is 0 Å². The molecule has 0 aromatic carbocycles. The lowest BCUT2D eigenvalue weighted by atomic mass is 10.2. The van der Waals surface area contributed by atoms with Gasteiger partial charge in [-0.05, 0) is 20.0 Å². The highest BCUT2D eigenvalue weighted by Crippen LogP contribution is 1.88. The molecule has 0 heterocycles. The minimum absolute atomic E-state index is 0.000725. The Balaban J connectivity index is 3.40. The van der Waals surface area contributed by atoms with Crippen LogP contribution in [0.3, 0.4) is 0 Å². The summed E-state index contributed by atoms with van der Waals surface area (Å²) in [5, 5.41) is 25.3. The molecule has 0 aliphatic carbocycles. The molecule has 0 bridgehead atoms. The van der Waals surface area contributed by atoms with Crippen LogP contribution in [0.5, 0.6) is 0 Å². The Morgan fingerprint density at radius 3 is 2.38 bits per heavy atom. The third-order valence-electron chi connectivity index (χ3n) is 1.88. The van der Waals surface area contributed by atoms with E-state index in [1.54, 1.807) is 0 Å². The Kier molecular flexibility index (Phi) is 8.18. The number of nitrogens with one attached hydrogen (secondary N) is 3. The Labute approximate surface area is 94.2 Å². The Hall–Kier alpha value is -1.34. The fourth-order valence-corrected chi connectivity index (χ4v) is 0.975. The Bertz CT molecular complexity index is 223. The minimum Gasteiger partial charge on any atom is -0.479 e. The van der Waals surface area contributed by atoms with Crippen LogP contribution in [-0.4, -0.2) is 55.0 Å². The molecule has 0 aliphatic heterocycles. The number of aliphatic hydroxyl groups excluding tert-OH is 1. The molecule has 0 saturated carbocycles. The summed E-state index contributed by atoms with van der Waals surface area (Å²) in [6, 6.07) is -0.353. The molecule has 2 amide bonds. The molecule has 0 rings (SSSR count). The smallest absolute Gasteiger partial charge is 0.332 e. The van der Waals surface area contributed by atoms with Crippen molar-refractivity contribution in [3.63, 3.8) is 0 Å². The van der Waals surface area contributed by atoms with Gasteiger partial charge in [-0.3, -0.25) is 0 Å². The van der Waals surface area contributed by atoms with E-state index in [9.17, 15) is 9.59 Å². The maximum absolute atomic E-state index is 11.1. The number of carbonyl (C=O) groups is 2. The number of hydrogen-bond acceptors (Lipinski definition) is 4. The van der Waals surface area contributed by atoms with E-state index in [2.05, 4.69) is 16.0 Å². The molecule has 16 heavy (non-hydrogen) atoms. The SMILES string of the molecule is CNCCCNC(=O)NCC[C@H](O)C(=O)O. The summed E-state index contributed by atoms with van der Waals surface area (Å²) in [6.45, 7) is 1.50. The lowest BCUT2D eigenvalue weighted by Crippen LogP contribution is -2.38. The number of carbonyl (C=O) groups excluding carboxylic acids is 1. The molecule has 5 N–H and O–H groups in total. The summed E-state index contributed by atoms with van der Waals surface area (Å²) in [5.74, 6) is -1.28. The molecule has 0 aliphatic rings. The van der Waals surface area contributed by atoms with Gasteiger partial charge < -0.3 is 26.2 Å². The summed E-state index contributed by atoms with van der Waals surface area (Å²) in [4.78, 5) is 21.3. The number of aliphatic hydroxyl groups is 1. The van der Waals surface area contributed by atoms with E-state index in [4.69, 9.17) is 10.2 Å². The fourth-order valence-electron chi connectivity index (χ4n) is 0.975. The van der Waals surface area contributed by atoms with Crippen LogP contribution in [0.25, 0.3) is 0 Å². The molecule has 0 spiro atoms. The highest BCUT2D eigenvalue weighted by atomic mass is 16.4. The molecular formula is C9H19N3O4. The zero-order valence-electron chi connectivity index (χ0n) is 9.32. The normalized spacial score (nSPS) is 11.9. The molecule has 0 aromatic heterocycles. The largest absolute Gasteiger partial charge is 0.479 e. The zero-order valence-corrected chi connectivity index (χ0v) is 9.32. The van der Waals surface area contributed by atoms with Crippen molar-refractivity contribution >= 4 is 12.0 Å². The van der Waals surface area contributed by atoms with Crippen molar-refractivity contribution in [1.29, 1.82) is 0 Å². The van der Waals surface area contributed by atoms with E-state index in [0.717, 1.165) is 13.0 Å². The zero-order chi connectivity index (χ0) is 12.4. The van der Waals surface area contributed by atoms with Crippen LogP contribution >= 0.6 is 0 Å². The number of rotatable bonds is 8. The van der Waals surface area contributed by atoms with E-state index in [0.29, 0.717) is 6.54 Å². The summed E-state index contributed by atoms with van der Waals surface area (Å²) in [5.41, 5.74) is 0. The minimum atomic E-state index is -1.43. The quantitative estimate of drug-likeness (QED) is 0.336. The summed E-state index contributed by atoms with van der Waals surface area (Å²) >= 11 is 0. The summed E-state index contributed by atoms with van der Waals surface area (Å²) < 4.78 is 0. The van der Waals surface area contributed by atoms with E-state index < -0.39 is 12.1 Å². The van der Waals surface area contributed by atoms with Crippen molar-refractivity contribution in [3.05, 3.63) is 0 Å². The maximum atomic E-state index is 11.1. The van der Waals surface area contributed by atoms with Crippen molar-refractivity contribution in [3.8, 4) is 0 Å². The molecule has 0 unspecified atom stereocenters. The van der Waals surface area contributed by atoms with Crippen LogP contribution in [0.2, 0.25) is 0 Å². The summed E-state index contributed by atoms with van der Waals surface area (Å²) in [6.07, 6.45) is -0.606. The van der Waals surface area contributed by atoms with Gasteiger partial charge in [0.05, 0.1) is 0 Å². The molecule has 7 heteroatoms. The maximum Gasteiger partial charge on any atom is 0.332 e. The first-order valence-electron chi connectivity index (χ1n) is 5.15. The first kappa shape index (κ1) is 14.7. The van der Waals surface area contributed by atoms with Gasteiger partial charge in [-0.2, -0.15) is 0 Å². The second-order valence-electron chi connectivity index (χ2n) is 3.28. The first-order valence-corrected chi connectivity index (χ1v) is 5.15. The van der Waals surface area contributed by atoms with Crippen LogP contribution < -0.4 is 16.0 Å². The monoisotopic (exact) mass is 233 g/mol. The van der Waals surface area contributed by atoms with Crippen molar-refractivity contribution in [2.24, 2.45) is 0 Å². The number of hydrogen-bond donors (Lipinski definition) is 5. The molecule has 0 saturated heterocycles. The Morgan fingerprint density at radius 1 is 1.19 bits per heavy atom. The average Bonchev–Trinajstić information content (AvgIpc) is 2.24. The van der Waals surface area contributed by atoms with Crippen LogP contribution in [-0.2, 0) is 4.79 Å². The van der Waals surface area contributed by atoms with E-state index >= 15 is 0 Å². The summed E-state index contributed by atoms with van der Waals surface area (Å²) in [7, 11) is 1.83. The topological polar surface area (TPSA) is 111 Å². The number of aliphatic carboxylic acids is 1. The molecule has 7 nitrogen and oxygen atoms in total. The molecule has 0 aromatic rings. The van der Waals surface area contributed by atoms with Gasteiger partial charge in [-0.15, -0.1) is 0 Å². The second kappa shape index (κ2) is 8.93. The van der Waals surface area contributed by atoms with Crippen molar-refractivity contribution in [2.75, 3.05) is 26.7 Å². The van der Waals surface area contributed by atoms with E-state index in [1.807, 2.05) is 7.05 Å². The second-order valence-corrected chi connectivity index (χ2v) is 3.28. The lowest BCUT2D eigenvalue weighted by molar-refractivity contribution is -0.146. The highest BCUT2D eigenvalue weighted by Gasteiger charge is 2.12. The number of carboxylic acid groups (broad SMARTS) is 1. The molecule has 0 fully saturated rings. The van der Waals surface area contributed by atoms with Crippen LogP contribution in [0.1, 0.15) is 12.8 Å². The predicted molar refractivity (Wildman–Crippen MR) is 58.2 cm³/mol. The van der Waals surface area contributed by atoms with Gasteiger partial charge in [-0.1, -0.05) is 0 Å². The van der Waals surface area contributed by atoms with Crippen molar-refractivity contribution in [1.82, 2.24) is 16.0 Å². The highest BCUT2D eigenvalue weighted by molar-refractivity contribution is 5.74. The lowest BCUT2D eigenvalue weighted by Gasteiger charge is -2.08. The van der Waals surface area contributed by atoms with Crippen LogP contribution in [0.4, 0.5) is 4.79 Å². The molecule has 1 atom stereocenters. The fraction of sp³-hybridized carbons (Fsp3) is 0.778. The predicted octanol–water partition coefficient (Wildman–Crippen LogP) is -1.27. The van der Waals surface area contributed by atoms with Gasteiger partial charge in [0.25, 0.3) is 0 Å². The van der Waals surface area contributed by atoms with Crippen LogP contribution in [0, 0.1) is 0 Å². The number of amides is 2. The first-order chi connectivity index (χ1) is 7.57. The van der Waals surface area contributed by atoms with Gasteiger partial charge in [-0.25, -0.2) is 9.59 Å². The van der Waals surface area contributed by atoms with E-state index in [1.165, 1.54) is 0 Å². The van der Waals surface area contributed by atoms with Gasteiger partial charge in [0.1, 0.15) is 0 Å². The van der Waals surface area contributed by atoms with E-state index in [-0.39, 0.29) is 19.0 Å². The Morgan fingerprint density at radius 2 is 1.81 bits per heavy atom. The third-order valence-corrected chi connectivity index (χ3v) is 1.88. The molecular weight excluding hydrogens is 214 g/mol. The van der Waals surface area contributed by atoms with Crippen molar-refractivity contribution in [2.45, 2.75) is 18.9 Å². The van der Waals surface area contributed by atoms with Gasteiger partial charge in [0.15, 0.2) is 6.10 Å². The number of carboxylic acids is 1. The van der Waals surface area contributed by atoms with Crippen LogP contribution in [0.15, 0.2) is 0 Å². The van der Waals surface area contributed by atoms with Gasteiger partial charge in [0, 0.05) is 19.5 Å².